The van der Waals surface area contributed by atoms with E-state index in [0.717, 1.165) is 50.8 Å². The van der Waals surface area contributed by atoms with E-state index >= 15 is 0 Å². The van der Waals surface area contributed by atoms with E-state index < -0.39 is 6.10 Å². The highest BCUT2D eigenvalue weighted by atomic mass is 32.2. The third-order valence-corrected chi connectivity index (χ3v) is 11.4. The van der Waals surface area contributed by atoms with Crippen molar-refractivity contribution in [1.29, 1.82) is 0 Å². The van der Waals surface area contributed by atoms with Crippen LogP contribution in [0.1, 0.15) is 78.6 Å². The molecule has 4 aliphatic carbocycles. The van der Waals surface area contributed by atoms with Crippen LogP contribution in [0, 0.1) is 46.3 Å². The van der Waals surface area contributed by atoms with Crippen LogP contribution in [-0.2, 0) is 9.59 Å². The molecule has 0 heterocycles. The number of aliphatic hydroxyl groups excluding tert-OH is 2. The second-order valence-corrected chi connectivity index (χ2v) is 13.2. The SMILES string of the molecule is CSCCNC(=O)CC[C@@H](C)[C@H]1CC[C@H]2[C@@H]3C(=O)C[C@@H]4C[C@H](O)CC[C@]4(C)[C@H]3C[C@H](O)[C@]12C. The number of Topliss-reactive ketones (excluding diaryl/α,β-unsaturated/α-hetero) is 1. The summed E-state index contributed by atoms with van der Waals surface area (Å²) >= 11 is 1.73. The molecule has 4 saturated carbocycles. The third kappa shape index (κ3) is 4.42. The highest BCUT2D eigenvalue weighted by Crippen LogP contribution is 2.67. The third-order valence-electron chi connectivity index (χ3n) is 10.8. The average molecular weight is 480 g/mol. The Bertz CT molecular complexity index is 746. The largest absolute Gasteiger partial charge is 0.393 e. The van der Waals surface area contributed by atoms with Gasteiger partial charge in [0.1, 0.15) is 5.78 Å². The summed E-state index contributed by atoms with van der Waals surface area (Å²) in [6, 6.07) is 0. The summed E-state index contributed by atoms with van der Waals surface area (Å²) in [5.74, 6) is 2.95. The zero-order valence-corrected chi connectivity index (χ0v) is 21.8. The summed E-state index contributed by atoms with van der Waals surface area (Å²) in [5, 5.41) is 24.9. The van der Waals surface area contributed by atoms with Crippen LogP contribution >= 0.6 is 11.8 Å². The Morgan fingerprint density at radius 2 is 1.94 bits per heavy atom. The second kappa shape index (κ2) is 9.81. The fraction of sp³-hybridized carbons (Fsp3) is 0.926. The first-order chi connectivity index (χ1) is 15.6. The molecule has 188 valence electrons. The number of fused-ring (bicyclic) bond motifs is 5. The molecule has 33 heavy (non-hydrogen) atoms. The zero-order chi connectivity index (χ0) is 24.0. The number of rotatable bonds is 7. The summed E-state index contributed by atoms with van der Waals surface area (Å²) < 4.78 is 0. The molecule has 4 fully saturated rings. The van der Waals surface area contributed by atoms with Gasteiger partial charge >= 0.3 is 0 Å². The predicted molar refractivity (Wildman–Crippen MR) is 133 cm³/mol. The number of ketones is 1. The van der Waals surface area contributed by atoms with Crippen LogP contribution < -0.4 is 5.32 Å². The van der Waals surface area contributed by atoms with Crippen LogP contribution in [0.15, 0.2) is 0 Å². The smallest absolute Gasteiger partial charge is 0.220 e. The van der Waals surface area contributed by atoms with Gasteiger partial charge in [-0.25, -0.2) is 0 Å². The fourth-order valence-corrected chi connectivity index (χ4v) is 9.09. The summed E-state index contributed by atoms with van der Waals surface area (Å²) in [7, 11) is 0. The van der Waals surface area contributed by atoms with E-state index in [-0.39, 0.29) is 46.5 Å². The molecule has 6 heteroatoms. The number of carbonyl (C=O) groups is 2. The average Bonchev–Trinajstić information content (AvgIpc) is 3.13. The minimum absolute atomic E-state index is 0.0542. The van der Waals surface area contributed by atoms with Crippen LogP contribution in [0.25, 0.3) is 0 Å². The normalized spacial score (nSPS) is 45.6. The van der Waals surface area contributed by atoms with E-state index in [1.165, 1.54) is 0 Å². The molecule has 1 amide bonds. The number of amides is 1. The zero-order valence-electron chi connectivity index (χ0n) is 21.0. The molecule has 0 aromatic carbocycles. The molecule has 0 aliphatic heterocycles. The van der Waals surface area contributed by atoms with Crippen molar-refractivity contribution in [2.75, 3.05) is 18.6 Å². The predicted octanol–water partition coefficient (Wildman–Crippen LogP) is 4.05. The van der Waals surface area contributed by atoms with E-state index in [1.54, 1.807) is 11.8 Å². The van der Waals surface area contributed by atoms with E-state index in [4.69, 9.17) is 0 Å². The first kappa shape index (κ1) is 25.5. The van der Waals surface area contributed by atoms with Gasteiger partial charge in [-0.15, -0.1) is 0 Å². The quantitative estimate of drug-likeness (QED) is 0.480. The lowest BCUT2D eigenvalue weighted by Crippen LogP contribution is -2.61. The van der Waals surface area contributed by atoms with E-state index in [9.17, 15) is 19.8 Å². The maximum absolute atomic E-state index is 13.5. The molecule has 0 saturated heterocycles. The van der Waals surface area contributed by atoms with Crippen LogP contribution in [-0.4, -0.2) is 52.7 Å². The summed E-state index contributed by atoms with van der Waals surface area (Å²) in [6.07, 6.45) is 8.64. The Morgan fingerprint density at radius 3 is 2.67 bits per heavy atom. The molecule has 0 unspecified atom stereocenters. The van der Waals surface area contributed by atoms with Crippen molar-refractivity contribution in [1.82, 2.24) is 5.32 Å². The molecule has 0 radical (unpaired) electrons. The van der Waals surface area contributed by atoms with Gasteiger partial charge in [0.15, 0.2) is 0 Å². The lowest BCUT2D eigenvalue weighted by atomic mass is 9.43. The molecule has 4 aliphatic rings. The Labute approximate surface area is 204 Å². The maximum Gasteiger partial charge on any atom is 0.220 e. The molecule has 3 N–H and O–H groups in total. The van der Waals surface area contributed by atoms with Crippen LogP contribution in [0.2, 0.25) is 0 Å². The molecular formula is C27H45NO4S. The van der Waals surface area contributed by atoms with Crippen molar-refractivity contribution < 1.29 is 19.8 Å². The van der Waals surface area contributed by atoms with Crippen molar-refractivity contribution in [2.24, 2.45) is 46.3 Å². The van der Waals surface area contributed by atoms with Crippen molar-refractivity contribution in [2.45, 2.75) is 90.8 Å². The standard InChI is InChI=1S/C27H45NO4S/c1-16(5-8-24(32)28-11-12-33-4)19-6-7-20-25-21(15-23(31)27(19,20)3)26(2)10-9-18(29)13-17(26)14-22(25)30/h16-21,23,25,29,31H,5-15H2,1-4H3,(H,28,32)/t16-,17+,18-,19-,20+,21+,23+,25+,26+,27-/m1/s1. The van der Waals surface area contributed by atoms with Gasteiger partial charge in [-0.05, 0) is 86.2 Å². The lowest BCUT2D eigenvalue weighted by Gasteiger charge is -2.61. The van der Waals surface area contributed by atoms with Gasteiger partial charge < -0.3 is 15.5 Å². The lowest BCUT2D eigenvalue weighted by molar-refractivity contribution is -0.182. The van der Waals surface area contributed by atoms with Gasteiger partial charge in [-0.2, -0.15) is 11.8 Å². The Kier molecular flexibility index (Phi) is 7.58. The topological polar surface area (TPSA) is 86.6 Å². The summed E-state index contributed by atoms with van der Waals surface area (Å²) in [5.41, 5.74) is -0.193. The molecule has 0 bridgehead atoms. The van der Waals surface area contributed by atoms with Crippen molar-refractivity contribution in [3.05, 3.63) is 0 Å². The molecule has 0 aromatic heterocycles. The van der Waals surface area contributed by atoms with Gasteiger partial charge in [0.05, 0.1) is 12.2 Å². The number of thioether (sulfide) groups is 1. The Morgan fingerprint density at radius 1 is 1.18 bits per heavy atom. The van der Waals surface area contributed by atoms with Gasteiger partial charge in [-0.1, -0.05) is 20.8 Å². The van der Waals surface area contributed by atoms with Crippen LogP contribution in [0.3, 0.4) is 0 Å². The van der Waals surface area contributed by atoms with Crippen LogP contribution in [0.5, 0.6) is 0 Å². The van der Waals surface area contributed by atoms with E-state index in [2.05, 4.69) is 26.1 Å². The van der Waals surface area contributed by atoms with Crippen molar-refractivity contribution in [3.8, 4) is 0 Å². The molecule has 0 spiro atoms. The van der Waals surface area contributed by atoms with Gasteiger partial charge in [0.2, 0.25) is 5.91 Å². The number of hydrogen-bond donors (Lipinski definition) is 3. The van der Waals surface area contributed by atoms with E-state index in [1.807, 2.05) is 6.26 Å². The Balaban J connectivity index is 1.48. The molecule has 0 aromatic rings. The summed E-state index contributed by atoms with van der Waals surface area (Å²) in [4.78, 5) is 25.8. The maximum atomic E-state index is 13.5. The number of nitrogens with one attached hydrogen (secondary N) is 1. The van der Waals surface area contributed by atoms with Gasteiger partial charge in [-0.3, -0.25) is 9.59 Å². The van der Waals surface area contributed by atoms with Crippen molar-refractivity contribution >= 4 is 23.5 Å². The first-order valence-electron chi connectivity index (χ1n) is 13.3. The number of carbonyl (C=O) groups excluding carboxylic acids is 2. The molecule has 4 rings (SSSR count). The summed E-state index contributed by atoms with van der Waals surface area (Å²) in [6.45, 7) is 7.55. The van der Waals surface area contributed by atoms with Crippen LogP contribution in [0.4, 0.5) is 0 Å². The highest BCUT2D eigenvalue weighted by molar-refractivity contribution is 7.98. The number of aliphatic hydroxyl groups is 2. The fourth-order valence-electron chi connectivity index (χ4n) is 8.79. The highest BCUT2D eigenvalue weighted by Gasteiger charge is 2.65. The van der Waals surface area contributed by atoms with E-state index in [0.29, 0.717) is 36.9 Å². The molecule has 10 atom stereocenters. The monoisotopic (exact) mass is 479 g/mol. The van der Waals surface area contributed by atoms with Crippen molar-refractivity contribution in [3.63, 3.8) is 0 Å². The minimum Gasteiger partial charge on any atom is -0.393 e. The van der Waals surface area contributed by atoms with Gasteiger partial charge in [0.25, 0.3) is 0 Å². The molecular weight excluding hydrogens is 434 g/mol. The Hall–Kier alpha value is -0.590. The molecule has 5 nitrogen and oxygen atoms in total. The minimum atomic E-state index is -0.399. The second-order valence-electron chi connectivity index (χ2n) is 12.2. The first-order valence-corrected chi connectivity index (χ1v) is 14.7. The van der Waals surface area contributed by atoms with Gasteiger partial charge in [0, 0.05) is 36.5 Å². The number of hydrogen-bond acceptors (Lipinski definition) is 5.